The first kappa shape index (κ1) is 16.9. The Hall–Kier alpha value is -2.95. The van der Waals surface area contributed by atoms with Crippen LogP contribution in [-0.4, -0.2) is 19.1 Å². The third-order valence-electron chi connectivity index (χ3n) is 3.81. The molecular formula is C20H21NO4. The molecule has 0 aliphatic carbocycles. The predicted molar refractivity (Wildman–Crippen MR) is 97.7 cm³/mol. The van der Waals surface area contributed by atoms with E-state index in [-0.39, 0.29) is 5.91 Å². The van der Waals surface area contributed by atoms with E-state index in [2.05, 4.69) is 5.32 Å². The molecule has 0 unspecified atom stereocenters. The van der Waals surface area contributed by atoms with E-state index in [0.717, 1.165) is 5.39 Å². The molecule has 0 saturated heterocycles. The van der Waals surface area contributed by atoms with Gasteiger partial charge in [-0.3, -0.25) is 4.79 Å². The summed E-state index contributed by atoms with van der Waals surface area (Å²) in [6, 6.07) is 12.8. The largest absolute Gasteiger partial charge is 0.494 e. The van der Waals surface area contributed by atoms with E-state index in [1.807, 2.05) is 56.3 Å². The predicted octanol–water partition coefficient (Wildman–Crippen LogP) is 4.79. The van der Waals surface area contributed by atoms with Crippen LogP contribution < -0.4 is 14.8 Å². The molecule has 3 aromatic rings. The van der Waals surface area contributed by atoms with Gasteiger partial charge in [0.25, 0.3) is 5.91 Å². The highest BCUT2D eigenvalue weighted by Gasteiger charge is 2.20. The van der Waals surface area contributed by atoms with Crippen molar-refractivity contribution in [3.8, 4) is 11.5 Å². The number of rotatable bonds is 6. The Labute approximate surface area is 146 Å². The van der Waals surface area contributed by atoms with Gasteiger partial charge in [0.05, 0.1) is 24.5 Å². The maximum Gasteiger partial charge on any atom is 0.259 e. The smallest absolute Gasteiger partial charge is 0.259 e. The van der Waals surface area contributed by atoms with Crippen molar-refractivity contribution >= 4 is 22.6 Å². The Balaban J connectivity index is 1.97. The second-order valence-corrected chi connectivity index (χ2v) is 5.51. The molecule has 0 bridgehead atoms. The minimum Gasteiger partial charge on any atom is -0.494 e. The molecule has 3 rings (SSSR count). The van der Waals surface area contributed by atoms with Gasteiger partial charge in [-0.25, -0.2) is 0 Å². The Bertz CT molecular complexity index is 898. The fraction of sp³-hybridized carbons (Fsp3) is 0.250. The molecule has 25 heavy (non-hydrogen) atoms. The summed E-state index contributed by atoms with van der Waals surface area (Å²) in [6.45, 7) is 6.69. The van der Waals surface area contributed by atoms with Crippen LogP contribution in [0.3, 0.4) is 0 Å². The Morgan fingerprint density at radius 3 is 2.60 bits per heavy atom. The highest BCUT2D eigenvalue weighted by atomic mass is 16.5. The molecule has 0 radical (unpaired) electrons. The van der Waals surface area contributed by atoms with Crippen LogP contribution in [0.1, 0.15) is 30.0 Å². The Morgan fingerprint density at radius 2 is 1.84 bits per heavy atom. The van der Waals surface area contributed by atoms with Gasteiger partial charge in [0.15, 0.2) is 0 Å². The lowest BCUT2D eigenvalue weighted by Crippen LogP contribution is -2.13. The van der Waals surface area contributed by atoms with Crippen molar-refractivity contribution in [1.82, 2.24) is 0 Å². The van der Waals surface area contributed by atoms with E-state index < -0.39 is 0 Å². The fourth-order valence-electron chi connectivity index (χ4n) is 2.77. The number of carbonyl (C=O) groups is 1. The van der Waals surface area contributed by atoms with E-state index >= 15 is 0 Å². The quantitative estimate of drug-likeness (QED) is 0.701. The summed E-state index contributed by atoms with van der Waals surface area (Å²) in [5.74, 6) is 1.67. The minimum absolute atomic E-state index is 0.239. The van der Waals surface area contributed by atoms with Crippen LogP contribution in [-0.2, 0) is 0 Å². The maximum absolute atomic E-state index is 12.9. The summed E-state index contributed by atoms with van der Waals surface area (Å²) in [7, 11) is 0. The van der Waals surface area contributed by atoms with E-state index in [4.69, 9.17) is 13.9 Å². The molecule has 0 aliphatic heterocycles. The SMILES string of the molecule is CCOc1ccc2oc(C)c(C(=O)Nc3ccccc3OCC)c2c1. The molecule has 130 valence electrons. The normalized spacial score (nSPS) is 10.7. The number of amides is 1. The maximum atomic E-state index is 12.9. The molecular weight excluding hydrogens is 318 g/mol. The summed E-state index contributed by atoms with van der Waals surface area (Å²) >= 11 is 0. The Morgan fingerprint density at radius 1 is 1.08 bits per heavy atom. The van der Waals surface area contributed by atoms with Crippen molar-refractivity contribution in [2.24, 2.45) is 0 Å². The number of furan rings is 1. The lowest BCUT2D eigenvalue weighted by molar-refractivity contribution is 0.102. The van der Waals surface area contributed by atoms with Crippen molar-refractivity contribution < 1.29 is 18.7 Å². The minimum atomic E-state index is -0.239. The lowest BCUT2D eigenvalue weighted by atomic mass is 10.1. The third kappa shape index (κ3) is 3.45. The fourth-order valence-corrected chi connectivity index (χ4v) is 2.77. The molecule has 2 aromatic carbocycles. The average molecular weight is 339 g/mol. The van der Waals surface area contributed by atoms with Gasteiger partial charge in [-0.15, -0.1) is 0 Å². The van der Waals surface area contributed by atoms with Crippen LogP contribution in [0, 0.1) is 6.92 Å². The highest BCUT2D eigenvalue weighted by molar-refractivity contribution is 6.13. The van der Waals surface area contributed by atoms with Crippen LogP contribution in [0.2, 0.25) is 0 Å². The zero-order valence-corrected chi connectivity index (χ0v) is 14.6. The summed E-state index contributed by atoms with van der Waals surface area (Å²) in [6.07, 6.45) is 0. The summed E-state index contributed by atoms with van der Waals surface area (Å²) in [5, 5.41) is 3.65. The standard InChI is InChI=1S/C20H21NO4/c1-4-23-14-10-11-17-15(12-14)19(13(3)25-17)20(22)21-16-8-6-7-9-18(16)24-5-2/h6-12H,4-5H2,1-3H3,(H,21,22). The van der Waals surface area contributed by atoms with Gasteiger partial charge in [-0.1, -0.05) is 12.1 Å². The van der Waals surface area contributed by atoms with Crippen molar-refractivity contribution in [1.29, 1.82) is 0 Å². The monoisotopic (exact) mass is 339 g/mol. The van der Waals surface area contributed by atoms with Crippen LogP contribution in [0.5, 0.6) is 11.5 Å². The molecule has 0 fully saturated rings. The van der Waals surface area contributed by atoms with E-state index in [0.29, 0.717) is 47.3 Å². The Kier molecular flexibility index (Phi) is 4.93. The van der Waals surface area contributed by atoms with Crippen molar-refractivity contribution in [2.45, 2.75) is 20.8 Å². The summed E-state index contributed by atoms with van der Waals surface area (Å²) < 4.78 is 16.8. The van der Waals surface area contributed by atoms with Crippen LogP contribution >= 0.6 is 0 Å². The molecule has 1 aromatic heterocycles. The van der Waals surface area contributed by atoms with Crippen LogP contribution in [0.15, 0.2) is 46.9 Å². The molecule has 0 atom stereocenters. The number of hydrogen-bond donors (Lipinski definition) is 1. The number of fused-ring (bicyclic) bond motifs is 1. The average Bonchev–Trinajstić information content (AvgIpc) is 2.92. The van der Waals surface area contributed by atoms with Gasteiger partial charge in [0.1, 0.15) is 22.8 Å². The molecule has 1 amide bonds. The van der Waals surface area contributed by atoms with Crippen molar-refractivity contribution in [3.05, 3.63) is 53.8 Å². The number of hydrogen-bond acceptors (Lipinski definition) is 4. The van der Waals surface area contributed by atoms with Gasteiger partial charge >= 0.3 is 0 Å². The zero-order valence-electron chi connectivity index (χ0n) is 14.6. The van der Waals surface area contributed by atoms with Gasteiger partial charge in [0, 0.05) is 5.39 Å². The second kappa shape index (κ2) is 7.30. The van der Waals surface area contributed by atoms with Crippen LogP contribution in [0.25, 0.3) is 11.0 Å². The van der Waals surface area contributed by atoms with Gasteiger partial charge in [-0.05, 0) is 51.1 Å². The molecule has 0 saturated carbocycles. The first-order chi connectivity index (χ1) is 12.1. The molecule has 0 spiro atoms. The van der Waals surface area contributed by atoms with Crippen molar-refractivity contribution in [2.75, 3.05) is 18.5 Å². The second-order valence-electron chi connectivity index (χ2n) is 5.51. The van der Waals surface area contributed by atoms with Crippen LogP contribution in [0.4, 0.5) is 5.69 Å². The molecule has 5 nitrogen and oxygen atoms in total. The number of benzene rings is 2. The van der Waals surface area contributed by atoms with Gasteiger partial charge in [-0.2, -0.15) is 0 Å². The first-order valence-corrected chi connectivity index (χ1v) is 8.33. The highest BCUT2D eigenvalue weighted by Crippen LogP contribution is 2.31. The zero-order chi connectivity index (χ0) is 17.8. The number of para-hydroxylation sites is 2. The topological polar surface area (TPSA) is 60.7 Å². The van der Waals surface area contributed by atoms with E-state index in [9.17, 15) is 4.79 Å². The third-order valence-corrected chi connectivity index (χ3v) is 3.81. The first-order valence-electron chi connectivity index (χ1n) is 8.33. The number of nitrogens with one attached hydrogen (secondary N) is 1. The lowest BCUT2D eigenvalue weighted by Gasteiger charge is -2.11. The van der Waals surface area contributed by atoms with Crippen molar-refractivity contribution in [3.63, 3.8) is 0 Å². The molecule has 1 heterocycles. The number of ether oxygens (including phenoxy) is 2. The van der Waals surface area contributed by atoms with Gasteiger partial charge < -0.3 is 19.2 Å². The summed E-state index contributed by atoms with van der Waals surface area (Å²) in [4.78, 5) is 12.9. The molecule has 5 heteroatoms. The van der Waals surface area contributed by atoms with E-state index in [1.54, 1.807) is 6.92 Å². The summed E-state index contributed by atoms with van der Waals surface area (Å²) in [5.41, 5.74) is 1.79. The number of anilines is 1. The van der Waals surface area contributed by atoms with Gasteiger partial charge in [0.2, 0.25) is 0 Å². The molecule has 1 N–H and O–H groups in total. The number of carbonyl (C=O) groups excluding carboxylic acids is 1. The van der Waals surface area contributed by atoms with E-state index in [1.165, 1.54) is 0 Å². The molecule has 0 aliphatic rings. The number of aryl methyl sites for hydroxylation is 1.